The molecule has 1 atom stereocenters. The summed E-state index contributed by atoms with van der Waals surface area (Å²) in [5, 5.41) is 7.05. The quantitative estimate of drug-likeness (QED) is 0.918. The van der Waals surface area contributed by atoms with Crippen LogP contribution in [-0.4, -0.2) is 34.2 Å². The van der Waals surface area contributed by atoms with E-state index in [1.807, 2.05) is 13.0 Å². The van der Waals surface area contributed by atoms with E-state index in [1.165, 1.54) is 12.1 Å². The number of rotatable bonds is 4. The van der Waals surface area contributed by atoms with Gasteiger partial charge in [0.25, 0.3) is 5.91 Å². The number of anilines is 1. The zero-order chi connectivity index (χ0) is 18.0. The summed E-state index contributed by atoms with van der Waals surface area (Å²) in [5.74, 6) is -0.0720. The number of nitrogens with zero attached hydrogens (tertiary/aromatic N) is 3. The fourth-order valence-electron chi connectivity index (χ4n) is 3.16. The average Bonchev–Trinajstić information content (AvgIpc) is 2.88. The lowest BCUT2D eigenvalue weighted by Crippen LogP contribution is -2.53. The van der Waals surface area contributed by atoms with Crippen LogP contribution < -0.4 is 10.2 Å². The van der Waals surface area contributed by atoms with Crippen molar-refractivity contribution in [2.45, 2.75) is 32.2 Å². The first kappa shape index (κ1) is 17.1. The molecule has 1 aromatic heterocycles. The van der Waals surface area contributed by atoms with Crippen molar-refractivity contribution in [3.8, 4) is 0 Å². The maximum Gasteiger partial charge on any atom is 0.250 e. The number of aromatic nitrogens is 2. The molecule has 1 aliphatic heterocycles. The normalized spacial score (nSPS) is 17.6. The van der Waals surface area contributed by atoms with E-state index < -0.39 is 6.04 Å². The number of hydrogen-bond acceptors (Lipinski definition) is 3. The van der Waals surface area contributed by atoms with Gasteiger partial charge in [-0.05, 0) is 37.5 Å². The summed E-state index contributed by atoms with van der Waals surface area (Å²) in [6.07, 6.45) is 1.44. The van der Waals surface area contributed by atoms with E-state index in [2.05, 4.69) is 10.4 Å². The Hall–Kier alpha value is -2.70. The van der Waals surface area contributed by atoms with Crippen LogP contribution >= 0.6 is 0 Å². The molecular formula is C18H21FN4O2. The second-order valence-corrected chi connectivity index (χ2v) is 6.33. The first-order valence-corrected chi connectivity index (χ1v) is 8.30. The van der Waals surface area contributed by atoms with Crippen LogP contribution in [0.1, 0.15) is 24.1 Å². The molecule has 0 unspecified atom stereocenters. The van der Waals surface area contributed by atoms with Gasteiger partial charge in [0.05, 0.1) is 12.1 Å². The fraction of sp³-hybridized carbons (Fsp3) is 0.389. The highest BCUT2D eigenvalue weighted by molar-refractivity contribution is 5.99. The van der Waals surface area contributed by atoms with Crippen molar-refractivity contribution in [3.05, 3.63) is 47.4 Å². The van der Waals surface area contributed by atoms with Crippen molar-refractivity contribution in [2.75, 3.05) is 11.4 Å². The van der Waals surface area contributed by atoms with Crippen LogP contribution in [0.25, 0.3) is 0 Å². The summed E-state index contributed by atoms with van der Waals surface area (Å²) >= 11 is 0. The summed E-state index contributed by atoms with van der Waals surface area (Å²) in [6.45, 7) is 2.48. The van der Waals surface area contributed by atoms with E-state index in [1.54, 1.807) is 28.8 Å². The lowest BCUT2D eigenvalue weighted by Gasteiger charge is -2.32. The number of carbonyl (C=O) groups excluding carboxylic acids is 2. The molecule has 1 fully saturated rings. The number of aryl methyl sites for hydroxylation is 2. The Labute approximate surface area is 145 Å². The zero-order valence-electron chi connectivity index (χ0n) is 14.3. The monoisotopic (exact) mass is 344 g/mol. The molecule has 2 amide bonds. The van der Waals surface area contributed by atoms with Gasteiger partial charge in [-0.1, -0.05) is 12.1 Å². The number of carbonyl (C=O) groups is 2. The van der Waals surface area contributed by atoms with Gasteiger partial charge in [0.1, 0.15) is 17.7 Å². The summed E-state index contributed by atoms with van der Waals surface area (Å²) in [5.41, 5.74) is 1.42. The molecule has 2 aromatic rings. The molecule has 1 aliphatic rings. The number of hydrogen-bond donors (Lipinski definition) is 1. The molecular weight excluding hydrogens is 323 g/mol. The molecule has 132 valence electrons. The first-order valence-electron chi connectivity index (χ1n) is 8.30. The minimum absolute atomic E-state index is 0.0480. The minimum Gasteiger partial charge on any atom is -0.344 e. The highest BCUT2D eigenvalue weighted by Crippen LogP contribution is 2.21. The second-order valence-electron chi connectivity index (χ2n) is 6.33. The van der Waals surface area contributed by atoms with Gasteiger partial charge in [-0.25, -0.2) is 4.39 Å². The summed E-state index contributed by atoms with van der Waals surface area (Å²) in [7, 11) is 1.79. The lowest BCUT2D eigenvalue weighted by atomic mass is 10.0. The Morgan fingerprint density at radius 1 is 1.40 bits per heavy atom. The summed E-state index contributed by atoms with van der Waals surface area (Å²) < 4.78 is 14.9. The van der Waals surface area contributed by atoms with Crippen molar-refractivity contribution >= 4 is 17.6 Å². The molecule has 0 bridgehead atoms. The third-order valence-electron chi connectivity index (χ3n) is 4.28. The molecule has 0 saturated carbocycles. The Kier molecular flexibility index (Phi) is 4.83. The number of halogens is 1. The molecule has 6 nitrogen and oxygen atoms in total. The summed E-state index contributed by atoms with van der Waals surface area (Å²) in [6, 6.07) is 7.21. The predicted octanol–water partition coefficient (Wildman–Crippen LogP) is 1.72. The highest BCUT2D eigenvalue weighted by atomic mass is 19.1. The Morgan fingerprint density at radius 2 is 2.20 bits per heavy atom. The van der Waals surface area contributed by atoms with E-state index >= 15 is 0 Å². The molecule has 0 aliphatic carbocycles. The van der Waals surface area contributed by atoms with Crippen LogP contribution in [0.3, 0.4) is 0 Å². The van der Waals surface area contributed by atoms with Crippen LogP contribution in [0, 0.1) is 12.7 Å². The topological polar surface area (TPSA) is 67.2 Å². The van der Waals surface area contributed by atoms with Crippen LogP contribution in [0.2, 0.25) is 0 Å². The SMILES string of the molecule is Cc1cc(N2CCC[C@@H](NC(=O)Cc3cccc(F)c3)C2=O)n(C)n1. The molecule has 1 aromatic carbocycles. The third-order valence-corrected chi connectivity index (χ3v) is 4.28. The first-order chi connectivity index (χ1) is 11.9. The van der Waals surface area contributed by atoms with E-state index in [9.17, 15) is 14.0 Å². The third kappa shape index (κ3) is 3.87. The van der Waals surface area contributed by atoms with Crippen LogP contribution in [0.4, 0.5) is 10.2 Å². The smallest absolute Gasteiger partial charge is 0.250 e. The number of amides is 2. The van der Waals surface area contributed by atoms with Crippen molar-refractivity contribution in [1.29, 1.82) is 0 Å². The fourth-order valence-corrected chi connectivity index (χ4v) is 3.16. The molecule has 0 radical (unpaired) electrons. The van der Waals surface area contributed by atoms with E-state index in [4.69, 9.17) is 0 Å². The Bertz CT molecular complexity index is 802. The predicted molar refractivity (Wildman–Crippen MR) is 91.6 cm³/mol. The van der Waals surface area contributed by atoms with Gasteiger partial charge in [0.15, 0.2) is 0 Å². The molecule has 25 heavy (non-hydrogen) atoms. The van der Waals surface area contributed by atoms with Crippen molar-refractivity contribution < 1.29 is 14.0 Å². The van der Waals surface area contributed by atoms with E-state index in [-0.39, 0.29) is 24.1 Å². The van der Waals surface area contributed by atoms with Gasteiger partial charge in [-0.3, -0.25) is 19.2 Å². The molecule has 1 saturated heterocycles. The van der Waals surface area contributed by atoms with E-state index in [0.717, 1.165) is 17.9 Å². The van der Waals surface area contributed by atoms with Crippen molar-refractivity contribution in [2.24, 2.45) is 7.05 Å². The minimum atomic E-state index is -0.565. The zero-order valence-corrected chi connectivity index (χ0v) is 14.3. The van der Waals surface area contributed by atoms with Gasteiger partial charge >= 0.3 is 0 Å². The van der Waals surface area contributed by atoms with Crippen molar-refractivity contribution in [1.82, 2.24) is 15.1 Å². The Balaban J connectivity index is 1.67. The lowest BCUT2D eigenvalue weighted by molar-refractivity contribution is -0.128. The molecule has 0 spiro atoms. The Morgan fingerprint density at radius 3 is 2.88 bits per heavy atom. The number of piperidine rings is 1. The maximum absolute atomic E-state index is 13.2. The molecule has 3 rings (SSSR count). The van der Waals surface area contributed by atoms with Gasteiger partial charge in [0.2, 0.25) is 5.91 Å². The van der Waals surface area contributed by atoms with E-state index in [0.29, 0.717) is 18.5 Å². The molecule has 7 heteroatoms. The average molecular weight is 344 g/mol. The largest absolute Gasteiger partial charge is 0.344 e. The van der Waals surface area contributed by atoms with Gasteiger partial charge < -0.3 is 5.32 Å². The van der Waals surface area contributed by atoms with Crippen LogP contribution in [0.15, 0.2) is 30.3 Å². The van der Waals surface area contributed by atoms with Crippen LogP contribution in [-0.2, 0) is 23.1 Å². The van der Waals surface area contributed by atoms with Crippen LogP contribution in [0.5, 0.6) is 0 Å². The second kappa shape index (κ2) is 7.04. The number of benzene rings is 1. The molecule has 2 heterocycles. The number of nitrogens with one attached hydrogen (secondary N) is 1. The summed E-state index contributed by atoms with van der Waals surface area (Å²) in [4.78, 5) is 26.6. The standard InChI is InChI=1S/C18H21FN4O2/c1-12-9-17(22(2)21-12)23-8-4-7-15(18(23)25)20-16(24)11-13-5-3-6-14(19)10-13/h3,5-6,9-10,15H,4,7-8,11H2,1-2H3,(H,20,24)/t15-/m1/s1. The van der Waals surface area contributed by atoms with Gasteiger partial charge in [-0.15, -0.1) is 0 Å². The highest BCUT2D eigenvalue weighted by Gasteiger charge is 2.32. The van der Waals surface area contributed by atoms with Gasteiger partial charge in [-0.2, -0.15) is 5.10 Å². The molecule has 1 N–H and O–H groups in total. The van der Waals surface area contributed by atoms with Crippen molar-refractivity contribution in [3.63, 3.8) is 0 Å². The maximum atomic E-state index is 13.2. The van der Waals surface area contributed by atoms with Gasteiger partial charge in [0, 0.05) is 19.7 Å².